The molecule has 0 bridgehead atoms. The summed E-state index contributed by atoms with van der Waals surface area (Å²) < 4.78 is 0. The SMILES string of the molecule is CCN1B(c2ccc(B3N(CC)c4cccnc4N3CC)cc2)N(CC)c2ncccc21. The topological polar surface area (TPSA) is 38.7 Å². The van der Waals surface area contributed by atoms with Crippen LogP contribution in [0.25, 0.3) is 0 Å². The number of nitrogens with zero attached hydrogens (tertiary/aromatic N) is 6. The Morgan fingerprint density at radius 3 is 1.28 bits per heavy atom. The Labute approximate surface area is 192 Å². The third-order valence-corrected chi connectivity index (χ3v) is 6.77. The Hall–Kier alpha value is -3.15. The van der Waals surface area contributed by atoms with Crippen molar-refractivity contribution >= 4 is 47.9 Å². The zero-order valence-electron chi connectivity index (χ0n) is 19.4. The summed E-state index contributed by atoms with van der Waals surface area (Å²) in [7, 11) is 0. The van der Waals surface area contributed by atoms with Crippen LogP contribution in [0.1, 0.15) is 27.7 Å². The normalized spacial score (nSPS) is 15.0. The van der Waals surface area contributed by atoms with Crippen molar-refractivity contribution in [3.05, 3.63) is 60.9 Å². The predicted molar refractivity (Wildman–Crippen MR) is 138 cm³/mol. The zero-order chi connectivity index (χ0) is 22.2. The predicted octanol–water partition coefficient (Wildman–Crippen LogP) is 2.60. The zero-order valence-corrected chi connectivity index (χ0v) is 19.4. The molecule has 2 aliphatic rings. The second-order valence-electron chi connectivity index (χ2n) is 8.25. The highest BCUT2D eigenvalue weighted by Gasteiger charge is 2.43. The van der Waals surface area contributed by atoms with E-state index in [-0.39, 0.29) is 14.0 Å². The first-order valence-electron chi connectivity index (χ1n) is 11.8. The van der Waals surface area contributed by atoms with Crippen molar-refractivity contribution in [1.82, 2.24) is 9.97 Å². The Bertz CT molecular complexity index is 943. The van der Waals surface area contributed by atoms with Crippen LogP contribution in [0.5, 0.6) is 0 Å². The smallest absolute Gasteiger partial charge is 0.389 e. The standard InChI is InChI=1S/C24H30B2N6/c1-5-29-21-11-9-17-27-23(21)31(7-3)25(29)19-13-15-20(16-14-19)26-30(6-2)22-12-10-18-28-24(22)32(26)8-4/h9-18H,5-8H2,1-4H3. The van der Waals surface area contributed by atoms with Crippen molar-refractivity contribution in [3.8, 4) is 0 Å². The van der Waals surface area contributed by atoms with Gasteiger partial charge in [-0.2, -0.15) is 0 Å². The van der Waals surface area contributed by atoms with Gasteiger partial charge in [0.25, 0.3) is 0 Å². The van der Waals surface area contributed by atoms with Crippen LogP contribution >= 0.6 is 0 Å². The summed E-state index contributed by atoms with van der Waals surface area (Å²) in [5.74, 6) is 2.16. The third-order valence-electron chi connectivity index (χ3n) is 6.77. The Morgan fingerprint density at radius 2 is 0.938 bits per heavy atom. The maximum Gasteiger partial charge on any atom is 0.412 e. The number of aromatic nitrogens is 2. The molecule has 4 heterocycles. The van der Waals surface area contributed by atoms with E-state index in [0.717, 1.165) is 37.8 Å². The molecule has 0 amide bonds. The maximum atomic E-state index is 4.70. The highest BCUT2D eigenvalue weighted by molar-refractivity contribution is 6.83. The fourth-order valence-electron chi connectivity index (χ4n) is 5.39. The van der Waals surface area contributed by atoms with Crippen molar-refractivity contribution in [2.75, 3.05) is 45.4 Å². The lowest BCUT2D eigenvalue weighted by molar-refractivity contribution is 1.05. The van der Waals surface area contributed by atoms with Crippen molar-refractivity contribution < 1.29 is 0 Å². The van der Waals surface area contributed by atoms with Gasteiger partial charge in [-0.3, -0.25) is 0 Å². The summed E-state index contributed by atoms with van der Waals surface area (Å²) in [6, 6.07) is 17.6. The summed E-state index contributed by atoms with van der Waals surface area (Å²) in [5, 5.41) is 0. The van der Waals surface area contributed by atoms with Crippen LogP contribution in [-0.2, 0) is 0 Å². The van der Waals surface area contributed by atoms with Crippen LogP contribution in [0, 0.1) is 0 Å². The minimum absolute atomic E-state index is 0.177. The van der Waals surface area contributed by atoms with Gasteiger partial charge in [-0.25, -0.2) is 9.97 Å². The van der Waals surface area contributed by atoms with Gasteiger partial charge in [0, 0.05) is 38.6 Å². The summed E-state index contributed by atoms with van der Waals surface area (Å²) >= 11 is 0. The average Bonchev–Trinajstić information content (AvgIpc) is 3.35. The molecule has 5 rings (SSSR count). The fourth-order valence-corrected chi connectivity index (χ4v) is 5.39. The van der Waals surface area contributed by atoms with E-state index in [4.69, 9.17) is 9.97 Å². The van der Waals surface area contributed by atoms with E-state index in [1.165, 1.54) is 22.3 Å². The van der Waals surface area contributed by atoms with E-state index in [1.54, 1.807) is 0 Å². The minimum atomic E-state index is 0.177. The van der Waals surface area contributed by atoms with E-state index in [0.29, 0.717) is 0 Å². The molecule has 6 nitrogen and oxygen atoms in total. The maximum absolute atomic E-state index is 4.70. The van der Waals surface area contributed by atoms with E-state index in [9.17, 15) is 0 Å². The summed E-state index contributed by atoms with van der Waals surface area (Å²) in [4.78, 5) is 19.1. The third kappa shape index (κ3) is 3.04. The second kappa shape index (κ2) is 8.41. The molecule has 2 aliphatic heterocycles. The molecule has 8 heteroatoms. The van der Waals surface area contributed by atoms with Gasteiger partial charge >= 0.3 is 14.0 Å². The molecular formula is C24H30B2N6. The first-order chi connectivity index (χ1) is 15.7. The van der Waals surface area contributed by atoms with Gasteiger partial charge in [-0.05, 0) is 62.9 Å². The molecule has 0 saturated carbocycles. The first kappa shape index (κ1) is 20.7. The first-order valence-corrected chi connectivity index (χ1v) is 11.8. The van der Waals surface area contributed by atoms with Crippen LogP contribution in [-0.4, -0.2) is 50.1 Å². The van der Waals surface area contributed by atoms with Gasteiger partial charge in [-0.1, -0.05) is 24.3 Å². The molecule has 0 aliphatic carbocycles. The van der Waals surface area contributed by atoms with Gasteiger partial charge in [-0.15, -0.1) is 0 Å². The van der Waals surface area contributed by atoms with Crippen LogP contribution in [0.3, 0.4) is 0 Å². The van der Waals surface area contributed by atoms with E-state index in [2.05, 4.69) is 83.3 Å². The van der Waals surface area contributed by atoms with Crippen molar-refractivity contribution in [1.29, 1.82) is 0 Å². The van der Waals surface area contributed by atoms with Crippen molar-refractivity contribution in [2.24, 2.45) is 0 Å². The molecule has 0 N–H and O–H groups in total. The largest absolute Gasteiger partial charge is 0.412 e. The highest BCUT2D eigenvalue weighted by atomic mass is 15.3. The molecule has 2 aromatic heterocycles. The van der Waals surface area contributed by atoms with E-state index >= 15 is 0 Å². The number of hydrogen-bond acceptors (Lipinski definition) is 6. The highest BCUT2D eigenvalue weighted by Crippen LogP contribution is 2.36. The fraction of sp³-hybridized carbons (Fsp3) is 0.333. The van der Waals surface area contributed by atoms with Crippen LogP contribution in [0.15, 0.2) is 60.9 Å². The molecule has 0 spiro atoms. The second-order valence-corrected chi connectivity index (χ2v) is 8.25. The van der Waals surface area contributed by atoms with Crippen LogP contribution in [0.2, 0.25) is 0 Å². The molecule has 0 saturated heterocycles. The minimum Gasteiger partial charge on any atom is -0.389 e. The van der Waals surface area contributed by atoms with Crippen molar-refractivity contribution in [2.45, 2.75) is 27.7 Å². The average molecular weight is 424 g/mol. The summed E-state index contributed by atoms with van der Waals surface area (Å²) in [6.45, 7) is 12.9. The van der Waals surface area contributed by atoms with Gasteiger partial charge < -0.3 is 19.2 Å². The number of anilines is 4. The molecule has 0 radical (unpaired) electrons. The number of fused-ring (bicyclic) bond motifs is 2. The molecule has 1 aromatic carbocycles. The lowest BCUT2D eigenvalue weighted by Gasteiger charge is -2.29. The number of benzene rings is 1. The molecular weight excluding hydrogens is 394 g/mol. The summed E-state index contributed by atoms with van der Waals surface area (Å²) in [5.41, 5.74) is 5.04. The Morgan fingerprint density at radius 1 is 0.562 bits per heavy atom. The number of pyridine rings is 2. The molecule has 0 atom stereocenters. The van der Waals surface area contributed by atoms with E-state index < -0.39 is 0 Å². The molecule has 32 heavy (non-hydrogen) atoms. The summed E-state index contributed by atoms with van der Waals surface area (Å²) in [6.07, 6.45) is 3.79. The van der Waals surface area contributed by atoms with E-state index in [1.807, 2.05) is 24.5 Å². The molecule has 162 valence electrons. The quantitative estimate of drug-likeness (QED) is 0.567. The molecule has 0 unspecified atom stereocenters. The Balaban J connectivity index is 1.50. The number of rotatable bonds is 6. The van der Waals surface area contributed by atoms with Crippen LogP contribution < -0.4 is 30.2 Å². The van der Waals surface area contributed by atoms with Gasteiger partial charge in [0.1, 0.15) is 11.6 Å². The molecule has 3 aromatic rings. The monoisotopic (exact) mass is 424 g/mol. The number of hydrogen-bond donors (Lipinski definition) is 0. The van der Waals surface area contributed by atoms with Gasteiger partial charge in [0.2, 0.25) is 0 Å². The lowest BCUT2D eigenvalue weighted by atomic mass is 9.61. The van der Waals surface area contributed by atoms with Crippen LogP contribution in [0.4, 0.5) is 23.0 Å². The van der Waals surface area contributed by atoms with Gasteiger partial charge in [0.15, 0.2) is 0 Å². The Kier molecular flexibility index (Phi) is 5.45. The van der Waals surface area contributed by atoms with Crippen molar-refractivity contribution in [3.63, 3.8) is 0 Å². The van der Waals surface area contributed by atoms with Gasteiger partial charge in [0.05, 0.1) is 11.4 Å². The lowest BCUT2D eigenvalue weighted by Crippen LogP contribution is -2.59. The molecule has 0 fully saturated rings.